The maximum atomic E-state index is 12.1. The van der Waals surface area contributed by atoms with Crippen LogP contribution in [0.4, 0.5) is 18.9 Å². The molecule has 0 aliphatic carbocycles. The van der Waals surface area contributed by atoms with Gasteiger partial charge in [-0.3, -0.25) is 4.79 Å². The van der Waals surface area contributed by atoms with Crippen LogP contribution in [0.5, 0.6) is 5.75 Å². The van der Waals surface area contributed by atoms with E-state index in [1.807, 2.05) is 0 Å². The molecule has 2 rings (SSSR count). The third-order valence-corrected chi connectivity index (χ3v) is 2.93. The van der Waals surface area contributed by atoms with Gasteiger partial charge in [-0.15, -0.1) is 25.6 Å². The average molecular weight is 341 g/mol. The summed E-state index contributed by atoms with van der Waals surface area (Å²) < 4.78 is 45.6. The molecule has 0 bridgehead atoms. The van der Waals surface area contributed by atoms with Gasteiger partial charge < -0.3 is 20.1 Å². The Morgan fingerprint density at radius 3 is 2.82 bits per heavy atom. The highest BCUT2D eigenvalue weighted by Gasteiger charge is 2.31. The van der Waals surface area contributed by atoms with Gasteiger partial charge in [-0.1, -0.05) is 6.07 Å². The maximum absolute atomic E-state index is 12.1. The van der Waals surface area contributed by atoms with E-state index in [2.05, 4.69) is 15.4 Å². The minimum Gasteiger partial charge on any atom is -0.406 e. The summed E-state index contributed by atoms with van der Waals surface area (Å²) in [4.78, 5) is 12.1. The van der Waals surface area contributed by atoms with Crippen molar-refractivity contribution in [2.75, 3.05) is 18.5 Å². The normalized spacial score (nSPS) is 21.6. The van der Waals surface area contributed by atoms with Crippen LogP contribution < -0.4 is 15.4 Å². The fourth-order valence-electron chi connectivity index (χ4n) is 2.02. The van der Waals surface area contributed by atoms with Gasteiger partial charge in [-0.05, 0) is 19.1 Å². The average Bonchev–Trinajstić information content (AvgIpc) is 2.37. The van der Waals surface area contributed by atoms with Gasteiger partial charge >= 0.3 is 6.36 Å². The number of morpholine rings is 1. The number of hydrogen-bond donors (Lipinski definition) is 2. The maximum Gasteiger partial charge on any atom is 0.573 e. The molecule has 0 unspecified atom stereocenters. The van der Waals surface area contributed by atoms with Crippen molar-refractivity contribution in [3.05, 3.63) is 24.3 Å². The van der Waals surface area contributed by atoms with Crippen LogP contribution in [0.1, 0.15) is 6.92 Å². The van der Waals surface area contributed by atoms with Gasteiger partial charge in [0.15, 0.2) is 0 Å². The first kappa shape index (κ1) is 18.5. The fraction of sp³-hybridized carbons (Fsp3) is 0.462. The molecule has 124 valence electrons. The molecule has 1 fully saturated rings. The largest absolute Gasteiger partial charge is 0.573 e. The summed E-state index contributed by atoms with van der Waals surface area (Å²) in [6.07, 6.45) is -5.08. The summed E-state index contributed by atoms with van der Waals surface area (Å²) in [5.41, 5.74) is 0.223. The molecular weight excluding hydrogens is 325 g/mol. The van der Waals surface area contributed by atoms with Gasteiger partial charge in [-0.25, -0.2) is 0 Å². The van der Waals surface area contributed by atoms with Crippen molar-refractivity contribution in [1.29, 1.82) is 0 Å². The lowest BCUT2D eigenvalue weighted by Crippen LogP contribution is -2.53. The number of amides is 1. The van der Waals surface area contributed by atoms with Crippen LogP contribution in [0.2, 0.25) is 0 Å². The molecule has 1 aliphatic rings. The Morgan fingerprint density at radius 2 is 2.18 bits per heavy atom. The number of nitrogens with one attached hydrogen (secondary N) is 2. The van der Waals surface area contributed by atoms with E-state index >= 15 is 0 Å². The number of alkyl halides is 3. The molecule has 0 radical (unpaired) electrons. The van der Waals surface area contributed by atoms with Gasteiger partial charge in [0, 0.05) is 18.3 Å². The molecule has 1 aromatic rings. The van der Waals surface area contributed by atoms with Crippen molar-refractivity contribution < 1.29 is 27.4 Å². The van der Waals surface area contributed by atoms with Crippen molar-refractivity contribution in [2.24, 2.45) is 0 Å². The second-order valence-corrected chi connectivity index (χ2v) is 4.57. The zero-order valence-corrected chi connectivity index (χ0v) is 12.5. The monoisotopic (exact) mass is 340 g/mol. The van der Waals surface area contributed by atoms with Crippen molar-refractivity contribution >= 4 is 24.0 Å². The van der Waals surface area contributed by atoms with E-state index in [0.29, 0.717) is 13.2 Å². The molecule has 9 heteroatoms. The molecule has 1 amide bonds. The summed E-state index contributed by atoms with van der Waals surface area (Å²) in [6.45, 7) is 2.80. The van der Waals surface area contributed by atoms with E-state index in [-0.39, 0.29) is 35.9 Å². The third kappa shape index (κ3) is 5.36. The summed E-state index contributed by atoms with van der Waals surface area (Å²) in [6, 6.07) is 4.57. The molecule has 5 nitrogen and oxygen atoms in total. The van der Waals surface area contributed by atoms with Crippen LogP contribution in [0.15, 0.2) is 24.3 Å². The highest BCUT2D eigenvalue weighted by atomic mass is 35.5. The summed E-state index contributed by atoms with van der Waals surface area (Å²) in [5.74, 6) is -0.757. The van der Waals surface area contributed by atoms with Crippen LogP contribution in [0, 0.1) is 0 Å². The van der Waals surface area contributed by atoms with E-state index < -0.39 is 12.4 Å². The number of anilines is 1. The second-order valence-electron chi connectivity index (χ2n) is 4.57. The molecule has 0 aromatic heterocycles. The summed E-state index contributed by atoms with van der Waals surface area (Å²) >= 11 is 0. The number of carbonyl (C=O) groups excluding carboxylic acids is 1. The van der Waals surface area contributed by atoms with Gasteiger partial charge in [0.25, 0.3) is 0 Å². The second kappa shape index (κ2) is 7.66. The highest BCUT2D eigenvalue weighted by molar-refractivity contribution is 5.95. The lowest BCUT2D eigenvalue weighted by molar-refractivity contribution is -0.274. The van der Waals surface area contributed by atoms with E-state index in [1.165, 1.54) is 12.1 Å². The van der Waals surface area contributed by atoms with Crippen molar-refractivity contribution in [1.82, 2.24) is 5.32 Å². The smallest absolute Gasteiger partial charge is 0.406 e. The first-order valence-corrected chi connectivity index (χ1v) is 6.37. The van der Waals surface area contributed by atoms with Crippen molar-refractivity contribution in [2.45, 2.75) is 25.4 Å². The predicted octanol–water partition coefficient (Wildman–Crippen LogP) is 2.32. The van der Waals surface area contributed by atoms with Crippen LogP contribution in [0.3, 0.4) is 0 Å². The van der Waals surface area contributed by atoms with E-state index in [1.54, 1.807) is 6.92 Å². The molecule has 1 heterocycles. The quantitative estimate of drug-likeness (QED) is 0.886. The summed E-state index contributed by atoms with van der Waals surface area (Å²) in [7, 11) is 0. The Morgan fingerprint density at radius 1 is 1.45 bits per heavy atom. The molecular formula is C13H16ClF3N2O3. The third-order valence-electron chi connectivity index (χ3n) is 2.93. The lowest BCUT2D eigenvalue weighted by atomic mass is 10.1. The molecule has 0 saturated carbocycles. The molecule has 22 heavy (non-hydrogen) atoms. The van der Waals surface area contributed by atoms with Gasteiger partial charge in [0.1, 0.15) is 11.8 Å². The van der Waals surface area contributed by atoms with Crippen molar-refractivity contribution in [3.8, 4) is 5.75 Å². The zero-order chi connectivity index (χ0) is 15.5. The number of benzene rings is 1. The minimum absolute atomic E-state index is 0. The molecule has 1 aromatic carbocycles. The number of hydrogen-bond acceptors (Lipinski definition) is 4. The van der Waals surface area contributed by atoms with Gasteiger partial charge in [0.05, 0.1) is 12.7 Å². The van der Waals surface area contributed by atoms with Gasteiger partial charge in [0.2, 0.25) is 5.91 Å². The van der Waals surface area contributed by atoms with Crippen LogP contribution in [-0.2, 0) is 9.53 Å². The van der Waals surface area contributed by atoms with E-state index in [9.17, 15) is 18.0 Å². The predicted molar refractivity (Wildman–Crippen MR) is 76.2 cm³/mol. The Kier molecular flexibility index (Phi) is 6.46. The number of rotatable bonds is 3. The van der Waals surface area contributed by atoms with E-state index in [4.69, 9.17) is 4.74 Å². The molecule has 0 spiro atoms. The fourth-order valence-corrected chi connectivity index (χ4v) is 2.02. The van der Waals surface area contributed by atoms with Gasteiger partial charge in [-0.2, -0.15) is 0 Å². The van der Waals surface area contributed by atoms with Crippen molar-refractivity contribution in [3.63, 3.8) is 0 Å². The first-order valence-electron chi connectivity index (χ1n) is 6.37. The SMILES string of the molecule is C[C@H]1OCCN[C@@H]1C(=O)Nc1cccc(OC(F)(F)F)c1.Cl. The lowest BCUT2D eigenvalue weighted by Gasteiger charge is -2.29. The van der Waals surface area contributed by atoms with Crippen LogP contribution in [-0.4, -0.2) is 37.6 Å². The number of carbonyl (C=O) groups is 1. The molecule has 2 atom stereocenters. The number of ether oxygens (including phenoxy) is 2. The Labute approximate surface area is 131 Å². The Balaban J connectivity index is 0.00000242. The standard InChI is InChI=1S/C13H15F3N2O3.ClH/c1-8-11(17-5-6-20-8)12(19)18-9-3-2-4-10(7-9)21-13(14,15)16;/h2-4,7-8,11,17H,5-6H2,1H3,(H,18,19);1H/t8-,11+;/m1./s1. The minimum atomic E-state index is -4.77. The van der Waals surface area contributed by atoms with Crippen LogP contribution >= 0.6 is 12.4 Å². The topological polar surface area (TPSA) is 59.6 Å². The number of halogens is 4. The van der Waals surface area contributed by atoms with E-state index in [0.717, 1.165) is 12.1 Å². The Bertz CT molecular complexity index is 514. The highest BCUT2D eigenvalue weighted by Crippen LogP contribution is 2.25. The Hall–Kier alpha value is -1.51. The zero-order valence-electron chi connectivity index (χ0n) is 11.6. The molecule has 1 aliphatic heterocycles. The molecule has 2 N–H and O–H groups in total. The molecule has 1 saturated heterocycles. The summed E-state index contributed by atoms with van der Waals surface area (Å²) in [5, 5.41) is 5.53. The first-order chi connectivity index (χ1) is 9.85. The van der Waals surface area contributed by atoms with Crippen LogP contribution in [0.25, 0.3) is 0 Å².